The van der Waals surface area contributed by atoms with Crippen LogP contribution in [0.2, 0.25) is 0 Å². The highest BCUT2D eigenvalue weighted by Crippen LogP contribution is 2.29. The van der Waals surface area contributed by atoms with Crippen LogP contribution in [0, 0.1) is 23.3 Å². The zero-order valence-corrected chi connectivity index (χ0v) is 8.06. The van der Waals surface area contributed by atoms with E-state index in [2.05, 4.69) is 19.2 Å². The molecule has 76 valence electrons. The van der Waals surface area contributed by atoms with E-state index in [0.717, 1.165) is 0 Å². The van der Waals surface area contributed by atoms with Crippen LogP contribution in [0.5, 0.6) is 0 Å². The van der Waals surface area contributed by atoms with Crippen LogP contribution in [0.4, 0.5) is 17.6 Å². The summed E-state index contributed by atoms with van der Waals surface area (Å²) < 4.78 is 51.9. The molecule has 0 fully saturated rings. The largest absolute Gasteiger partial charge is 0.203 e. The molecule has 0 nitrogen and oxygen atoms in total. The van der Waals surface area contributed by atoms with Crippen LogP contribution in [0.3, 0.4) is 0 Å². The molecule has 0 atom stereocenters. The van der Waals surface area contributed by atoms with Gasteiger partial charge in [-0.2, -0.15) is 0 Å². The summed E-state index contributed by atoms with van der Waals surface area (Å²) in [5.41, 5.74) is -0.871. The fraction of sp³-hybridized carbons (Fsp3) is 0.111. The molecule has 0 aromatic heterocycles. The smallest absolute Gasteiger partial charge is 0.175 e. The van der Waals surface area contributed by atoms with Crippen LogP contribution in [0.25, 0.3) is 5.57 Å². The predicted octanol–water partition coefficient (Wildman–Crippen LogP) is 3.56. The van der Waals surface area contributed by atoms with Crippen molar-refractivity contribution in [1.82, 2.24) is 0 Å². The molecule has 0 bridgehead atoms. The van der Waals surface area contributed by atoms with Gasteiger partial charge in [0.15, 0.2) is 23.3 Å². The van der Waals surface area contributed by atoms with Crippen LogP contribution < -0.4 is 0 Å². The Morgan fingerprint density at radius 3 is 1.64 bits per heavy atom. The molecule has 5 heteroatoms. The van der Waals surface area contributed by atoms with Gasteiger partial charge in [-0.25, -0.2) is 17.6 Å². The maximum atomic E-state index is 13.1. The minimum absolute atomic E-state index is 0.0915. The Kier molecular flexibility index (Phi) is 2.89. The molecule has 0 aliphatic heterocycles. The fourth-order valence-corrected chi connectivity index (χ4v) is 1.19. The number of rotatable bonds is 1. The number of halogens is 4. The van der Waals surface area contributed by atoms with Gasteiger partial charge in [-0.05, 0) is 12.5 Å². The van der Waals surface area contributed by atoms with Gasteiger partial charge < -0.3 is 0 Å². The first-order valence-electron chi connectivity index (χ1n) is 3.58. The van der Waals surface area contributed by atoms with E-state index in [4.69, 9.17) is 0 Å². The summed E-state index contributed by atoms with van der Waals surface area (Å²) >= 11 is 3.31. The maximum Gasteiger partial charge on any atom is 0.175 e. The molecule has 0 amide bonds. The fourth-order valence-electron chi connectivity index (χ4n) is 0.995. The van der Waals surface area contributed by atoms with Gasteiger partial charge in [-0.15, -0.1) is 12.6 Å². The van der Waals surface area contributed by atoms with Crippen LogP contribution in [-0.2, 0) is 0 Å². The van der Waals surface area contributed by atoms with E-state index in [0.29, 0.717) is 0 Å². The third-order valence-electron chi connectivity index (χ3n) is 1.67. The summed E-state index contributed by atoms with van der Waals surface area (Å²) in [6.07, 6.45) is 0. The topological polar surface area (TPSA) is 0 Å². The van der Waals surface area contributed by atoms with Crippen LogP contribution in [0.1, 0.15) is 12.5 Å². The Hall–Kier alpha value is -0.970. The van der Waals surface area contributed by atoms with E-state index in [1.807, 2.05) is 0 Å². The van der Waals surface area contributed by atoms with E-state index >= 15 is 0 Å². The minimum atomic E-state index is -1.51. The summed E-state index contributed by atoms with van der Waals surface area (Å²) in [4.78, 5) is -0.968. The molecule has 14 heavy (non-hydrogen) atoms. The number of hydrogen-bond acceptors (Lipinski definition) is 1. The van der Waals surface area contributed by atoms with E-state index in [1.54, 1.807) is 0 Å². The van der Waals surface area contributed by atoms with Crippen molar-refractivity contribution in [3.63, 3.8) is 0 Å². The predicted molar refractivity (Wildman–Crippen MR) is 48.2 cm³/mol. The van der Waals surface area contributed by atoms with Crippen molar-refractivity contribution in [2.24, 2.45) is 0 Å². The molecule has 0 heterocycles. The van der Waals surface area contributed by atoms with Crippen molar-refractivity contribution >= 4 is 18.2 Å². The standard InChI is InChI=1S/C9H6F4S/c1-3(2)4-5(10)7(12)9(14)8(13)6(4)11/h14H,1H2,2H3. The maximum absolute atomic E-state index is 13.1. The van der Waals surface area contributed by atoms with Gasteiger partial charge in [-0.3, -0.25) is 0 Å². The average Bonchev–Trinajstić information content (AvgIpc) is 2.11. The second-order valence-electron chi connectivity index (χ2n) is 2.76. The molecular formula is C9H6F4S. The van der Waals surface area contributed by atoms with E-state index in [1.165, 1.54) is 6.92 Å². The normalized spacial score (nSPS) is 10.4. The van der Waals surface area contributed by atoms with Gasteiger partial charge in [0.25, 0.3) is 0 Å². The monoisotopic (exact) mass is 222 g/mol. The molecule has 0 saturated carbocycles. The van der Waals surface area contributed by atoms with Crippen molar-refractivity contribution in [2.45, 2.75) is 11.8 Å². The number of thiol groups is 1. The number of allylic oxidation sites excluding steroid dienone is 1. The molecule has 0 aliphatic carbocycles. The summed E-state index contributed by atoms with van der Waals surface area (Å²) in [6, 6.07) is 0. The van der Waals surface area contributed by atoms with Gasteiger partial charge in [0.1, 0.15) is 0 Å². The Bertz CT molecular complexity index is 383. The molecular weight excluding hydrogens is 216 g/mol. The highest BCUT2D eigenvalue weighted by molar-refractivity contribution is 7.80. The zero-order valence-electron chi connectivity index (χ0n) is 7.17. The lowest BCUT2D eigenvalue weighted by Gasteiger charge is -2.08. The van der Waals surface area contributed by atoms with Crippen LogP contribution in [-0.4, -0.2) is 0 Å². The van der Waals surface area contributed by atoms with Crippen LogP contribution in [0.15, 0.2) is 11.5 Å². The van der Waals surface area contributed by atoms with Crippen molar-refractivity contribution < 1.29 is 17.6 Å². The molecule has 1 rings (SSSR count). The summed E-state index contributed by atoms with van der Waals surface area (Å²) in [5.74, 6) is -5.96. The first kappa shape index (κ1) is 11.1. The van der Waals surface area contributed by atoms with Crippen LogP contribution >= 0.6 is 12.6 Å². The SMILES string of the molecule is C=C(C)c1c(F)c(F)c(S)c(F)c1F. The molecule has 1 aromatic rings. The van der Waals surface area contributed by atoms with Crippen molar-refractivity contribution in [1.29, 1.82) is 0 Å². The second-order valence-corrected chi connectivity index (χ2v) is 3.21. The second kappa shape index (κ2) is 3.65. The molecule has 0 N–H and O–H groups in total. The lowest BCUT2D eigenvalue weighted by molar-refractivity contribution is 0.423. The Morgan fingerprint density at radius 1 is 1.00 bits per heavy atom. The molecule has 0 unspecified atom stereocenters. The van der Waals surface area contributed by atoms with Crippen molar-refractivity contribution in [2.75, 3.05) is 0 Å². The Labute approximate surface area is 83.7 Å². The van der Waals surface area contributed by atoms with Crippen molar-refractivity contribution in [3.8, 4) is 0 Å². The molecule has 1 aromatic carbocycles. The van der Waals surface area contributed by atoms with Gasteiger partial charge in [-0.1, -0.05) is 6.58 Å². The lowest BCUT2D eigenvalue weighted by atomic mass is 10.1. The van der Waals surface area contributed by atoms with E-state index < -0.39 is 33.7 Å². The summed E-state index contributed by atoms with van der Waals surface area (Å²) in [6.45, 7) is 4.47. The molecule has 0 saturated heterocycles. The summed E-state index contributed by atoms with van der Waals surface area (Å²) in [5, 5.41) is 0. The van der Waals surface area contributed by atoms with E-state index in [-0.39, 0.29) is 5.57 Å². The first-order valence-corrected chi connectivity index (χ1v) is 4.03. The average molecular weight is 222 g/mol. The van der Waals surface area contributed by atoms with Crippen molar-refractivity contribution in [3.05, 3.63) is 35.4 Å². The highest BCUT2D eigenvalue weighted by Gasteiger charge is 2.23. The lowest BCUT2D eigenvalue weighted by Crippen LogP contribution is -2.02. The number of hydrogen-bond donors (Lipinski definition) is 1. The molecule has 0 radical (unpaired) electrons. The highest BCUT2D eigenvalue weighted by atomic mass is 32.1. The Balaban J connectivity index is 3.68. The van der Waals surface area contributed by atoms with Gasteiger partial charge >= 0.3 is 0 Å². The third-order valence-corrected chi connectivity index (χ3v) is 2.06. The van der Waals surface area contributed by atoms with Gasteiger partial charge in [0, 0.05) is 0 Å². The quantitative estimate of drug-likeness (QED) is 0.419. The summed E-state index contributed by atoms with van der Waals surface area (Å²) in [7, 11) is 0. The van der Waals surface area contributed by atoms with E-state index in [9.17, 15) is 17.6 Å². The van der Waals surface area contributed by atoms with Gasteiger partial charge in [0.05, 0.1) is 10.5 Å². The molecule has 0 spiro atoms. The number of benzene rings is 1. The Morgan fingerprint density at radius 2 is 1.36 bits per heavy atom. The zero-order chi connectivity index (χ0) is 11.0. The third kappa shape index (κ3) is 1.52. The first-order chi connectivity index (χ1) is 6.37. The minimum Gasteiger partial charge on any atom is -0.203 e. The molecule has 0 aliphatic rings. The van der Waals surface area contributed by atoms with Gasteiger partial charge in [0.2, 0.25) is 0 Å².